The van der Waals surface area contributed by atoms with Crippen LogP contribution in [0.15, 0.2) is 36.7 Å². The molecule has 0 atom stereocenters. The van der Waals surface area contributed by atoms with Gasteiger partial charge in [-0.3, -0.25) is 4.68 Å². The van der Waals surface area contributed by atoms with Crippen LogP contribution in [0.2, 0.25) is 5.02 Å². The SMILES string of the molecule is OB(O)c1ccc(Cn2cc(Cl)cn2)cc1. The second kappa shape index (κ2) is 4.70. The quantitative estimate of drug-likeness (QED) is 0.752. The normalized spacial score (nSPS) is 10.4. The van der Waals surface area contributed by atoms with Crippen molar-refractivity contribution < 1.29 is 10.0 Å². The average Bonchev–Trinajstić information content (AvgIpc) is 2.65. The van der Waals surface area contributed by atoms with Gasteiger partial charge >= 0.3 is 7.12 Å². The summed E-state index contributed by atoms with van der Waals surface area (Å²) < 4.78 is 1.71. The van der Waals surface area contributed by atoms with E-state index in [2.05, 4.69) is 5.10 Å². The van der Waals surface area contributed by atoms with Crippen molar-refractivity contribution in [3.8, 4) is 0 Å². The standard InChI is InChI=1S/C10H10BClN2O2/c12-10-5-13-14(7-10)6-8-1-3-9(4-2-8)11(15)16/h1-5,7,15-16H,6H2. The minimum absolute atomic E-state index is 0.474. The number of rotatable bonds is 3. The van der Waals surface area contributed by atoms with Crippen LogP contribution in [-0.2, 0) is 6.54 Å². The van der Waals surface area contributed by atoms with Gasteiger partial charge in [0.2, 0.25) is 0 Å². The fraction of sp³-hybridized carbons (Fsp3) is 0.100. The number of hydrogen-bond donors (Lipinski definition) is 2. The molecule has 1 aromatic heterocycles. The van der Waals surface area contributed by atoms with Gasteiger partial charge < -0.3 is 10.0 Å². The van der Waals surface area contributed by atoms with Crippen LogP contribution in [0.25, 0.3) is 0 Å². The molecule has 16 heavy (non-hydrogen) atoms. The van der Waals surface area contributed by atoms with Gasteiger partial charge in [0.05, 0.1) is 17.8 Å². The van der Waals surface area contributed by atoms with E-state index in [-0.39, 0.29) is 0 Å². The molecule has 0 spiro atoms. The van der Waals surface area contributed by atoms with Crippen LogP contribution in [0.4, 0.5) is 0 Å². The van der Waals surface area contributed by atoms with E-state index >= 15 is 0 Å². The Morgan fingerprint density at radius 1 is 1.25 bits per heavy atom. The average molecular weight is 236 g/mol. The molecule has 0 saturated carbocycles. The second-order valence-electron chi connectivity index (χ2n) is 3.47. The highest BCUT2D eigenvalue weighted by atomic mass is 35.5. The van der Waals surface area contributed by atoms with Crippen LogP contribution >= 0.6 is 11.6 Å². The van der Waals surface area contributed by atoms with Gasteiger partial charge in [-0.1, -0.05) is 35.9 Å². The first-order chi connectivity index (χ1) is 7.65. The molecule has 6 heteroatoms. The molecule has 0 saturated heterocycles. The summed E-state index contributed by atoms with van der Waals surface area (Å²) in [6.07, 6.45) is 3.31. The predicted octanol–water partition coefficient (Wildman–Crippen LogP) is 0.265. The third-order valence-electron chi connectivity index (χ3n) is 2.22. The van der Waals surface area contributed by atoms with Gasteiger partial charge in [-0.05, 0) is 11.0 Å². The molecular weight excluding hydrogens is 226 g/mol. The molecule has 0 aliphatic carbocycles. The molecule has 2 aromatic rings. The maximum absolute atomic E-state index is 8.93. The van der Waals surface area contributed by atoms with Crippen molar-refractivity contribution in [3.63, 3.8) is 0 Å². The Kier molecular flexibility index (Phi) is 3.29. The Balaban J connectivity index is 2.11. The summed E-state index contributed by atoms with van der Waals surface area (Å²) in [5, 5.41) is 22.5. The molecule has 4 nitrogen and oxygen atoms in total. The Hall–Kier alpha value is -1.30. The fourth-order valence-electron chi connectivity index (χ4n) is 1.41. The van der Waals surface area contributed by atoms with Crippen LogP contribution in [0.5, 0.6) is 0 Å². The molecule has 2 N–H and O–H groups in total. The summed E-state index contributed by atoms with van der Waals surface area (Å²) in [6, 6.07) is 6.99. The molecule has 82 valence electrons. The van der Waals surface area contributed by atoms with E-state index in [1.165, 1.54) is 0 Å². The maximum atomic E-state index is 8.93. The smallest absolute Gasteiger partial charge is 0.423 e. The fourth-order valence-corrected chi connectivity index (χ4v) is 1.56. The molecular formula is C10H10BClN2O2. The topological polar surface area (TPSA) is 58.3 Å². The molecule has 1 heterocycles. The third-order valence-corrected chi connectivity index (χ3v) is 2.42. The van der Waals surface area contributed by atoms with Crippen molar-refractivity contribution in [2.45, 2.75) is 6.54 Å². The summed E-state index contributed by atoms with van der Waals surface area (Å²) in [6.45, 7) is 0.606. The summed E-state index contributed by atoms with van der Waals surface area (Å²) in [5.41, 5.74) is 1.49. The van der Waals surface area contributed by atoms with Gasteiger partial charge in [-0.25, -0.2) is 0 Å². The Morgan fingerprint density at radius 2 is 1.94 bits per heavy atom. The molecule has 0 fully saturated rings. The Bertz CT molecular complexity index is 470. The van der Waals surface area contributed by atoms with E-state index in [0.29, 0.717) is 17.0 Å². The van der Waals surface area contributed by atoms with Gasteiger partial charge in [-0.2, -0.15) is 5.10 Å². The maximum Gasteiger partial charge on any atom is 0.488 e. The van der Waals surface area contributed by atoms with E-state index in [1.807, 2.05) is 12.1 Å². The van der Waals surface area contributed by atoms with E-state index in [1.54, 1.807) is 29.2 Å². The van der Waals surface area contributed by atoms with Crippen molar-refractivity contribution in [1.29, 1.82) is 0 Å². The van der Waals surface area contributed by atoms with E-state index < -0.39 is 7.12 Å². The van der Waals surface area contributed by atoms with E-state index in [0.717, 1.165) is 5.56 Å². The largest absolute Gasteiger partial charge is 0.488 e. The molecule has 0 amide bonds. The van der Waals surface area contributed by atoms with Gasteiger partial charge in [0, 0.05) is 6.20 Å². The van der Waals surface area contributed by atoms with Crippen LogP contribution in [0, 0.1) is 0 Å². The molecule has 0 aliphatic rings. The monoisotopic (exact) mass is 236 g/mol. The summed E-state index contributed by atoms with van der Waals surface area (Å²) in [5.74, 6) is 0. The minimum atomic E-state index is -1.42. The van der Waals surface area contributed by atoms with E-state index in [9.17, 15) is 0 Å². The van der Waals surface area contributed by atoms with Gasteiger partial charge in [0.15, 0.2) is 0 Å². The lowest BCUT2D eigenvalue weighted by Crippen LogP contribution is -2.29. The predicted molar refractivity (Wildman–Crippen MR) is 62.6 cm³/mol. The van der Waals surface area contributed by atoms with Gasteiger partial charge in [-0.15, -0.1) is 0 Å². The summed E-state index contributed by atoms with van der Waals surface area (Å²) in [4.78, 5) is 0. The third kappa shape index (κ3) is 2.63. The highest BCUT2D eigenvalue weighted by Crippen LogP contribution is 2.07. The van der Waals surface area contributed by atoms with Crippen molar-refractivity contribution in [2.24, 2.45) is 0 Å². The van der Waals surface area contributed by atoms with Crippen LogP contribution in [-0.4, -0.2) is 26.9 Å². The first-order valence-electron chi connectivity index (χ1n) is 4.78. The zero-order chi connectivity index (χ0) is 11.5. The van der Waals surface area contributed by atoms with E-state index in [4.69, 9.17) is 21.6 Å². The molecule has 2 rings (SSSR count). The first kappa shape index (κ1) is 11.2. The summed E-state index contributed by atoms with van der Waals surface area (Å²) in [7, 11) is -1.42. The van der Waals surface area contributed by atoms with Crippen LogP contribution in [0.1, 0.15) is 5.56 Å². The lowest BCUT2D eigenvalue weighted by atomic mass is 9.80. The van der Waals surface area contributed by atoms with Crippen molar-refractivity contribution in [1.82, 2.24) is 9.78 Å². The first-order valence-corrected chi connectivity index (χ1v) is 5.16. The number of halogens is 1. The van der Waals surface area contributed by atoms with Gasteiger partial charge in [0.25, 0.3) is 0 Å². The number of nitrogens with zero attached hydrogens (tertiary/aromatic N) is 2. The van der Waals surface area contributed by atoms with Crippen molar-refractivity contribution in [2.75, 3.05) is 0 Å². The molecule has 1 aromatic carbocycles. The van der Waals surface area contributed by atoms with Crippen LogP contribution < -0.4 is 5.46 Å². The summed E-state index contributed by atoms with van der Waals surface area (Å²) >= 11 is 5.74. The molecule has 0 aliphatic heterocycles. The van der Waals surface area contributed by atoms with Gasteiger partial charge in [0.1, 0.15) is 0 Å². The molecule has 0 bridgehead atoms. The minimum Gasteiger partial charge on any atom is -0.423 e. The lowest BCUT2D eigenvalue weighted by Gasteiger charge is -2.03. The zero-order valence-corrected chi connectivity index (χ0v) is 9.17. The van der Waals surface area contributed by atoms with Crippen molar-refractivity contribution in [3.05, 3.63) is 47.2 Å². The number of benzene rings is 1. The van der Waals surface area contributed by atoms with Crippen LogP contribution in [0.3, 0.4) is 0 Å². The second-order valence-corrected chi connectivity index (χ2v) is 3.91. The number of aromatic nitrogens is 2. The highest BCUT2D eigenvalue weighted by molar-refractivity contribution is 6.58. The van der Waals surface area contributed by atoms with Crippen molar-refractivity contribution >= 4 is 24.2 Å². The Labute approximate surface area is 98.2 Å². The zero-order valence-electron chi connectivity index (χ0n) is 8.42. The highest BCUT2D eigenvalue weighted by Gasteiger charge is 2.09. The molecule has 0 radical (unpaired) electrons. The molecule has 0 unspecified atom stereocenters. The Morgan fingerprint density at radius 3 is 2.44 bits per heavy atom. The lowest BCUT2D eigenvalue weighted by molar-refractivity contribution is 0.426. The number of hydrogen-bond acceptors (Lipinski definition) is 3.